The number of aliphatic hydroxyl groups is 1. The van der Waals surface area contributed by atoms with Crippen LogP contribution in [-0.4, -0.2) is 11.7 Å². The second-order valence-corrected chi connectivity index (χ2v) is 3.65. The quantitative estimate of drug-likeness (QED) is 0.588. The average molecular weight is 180 g/mol. The first-order valence-corrected chi connectivity index (χ1v) is 4.24. The Balaban J connectivity index is 3.16. The van der Waals surface area contributed by atoms with Crippen LogP contribution in [0.15, 0.2) is 18.2 Å². The summed E-state index contributed by atoms with van der Waals surface area (Å²) in [4.78, 5) is 0. The van der Waals surface area contributed by atoms with Gasteiger partial charge < -0.3 is 16.6 Å². The van der Waals surface area contributed by atoms with E-state index in [1.165, 1.54) is 0 Å². The zero-order valence-corrected chi connectivity index (χ0v) is 8.04. The zero-order chi connectivity index (χ0) is 10.1. The molecule has 0 aliphatic heterocycles. The van der Waals surface area contributed by atoms with Crippen LogP contribution in [-0.2, 0) is 5.54 Å². The van der Waals surface area contributed by atoms with Crippen molar-refractivity contribution in [2.24, 2.45) is 5.73 Å². The summed E-state index contributed by atoms with van der Waals surface area (Å²) in [7, 11) is 0. The van der Waals surface area contributed by atoms with Crippen LogP contribution < -0.4 is 11.5 Å². The van der Waals surface area contributed by atoms with E-state index in [2.05, 4.69) is 0 Å². The fraction of sp³-hybridized carbons (Fsp3) is 0.400. The molecule has 0 aromatic heterocycles. The zero-order valence-electron chi connectivity index (χ0n) is 8.04. The molecular formula is C10H16N2O. The average Bonchev–Trinajstić information content (AvgIpc) is 2.03. The number of aryl methyl sites for hydroxylation is 1. The highest BCUT2D eigenvalue weighted by atomic mass is 16.3. The molecule has 72 valence electrons. The predicted octanol–water partition coefficient (Wildman–Crippen LogP) is 0.743. The Morgan fingerprint density at radius 1 is 1.46 bits per heavy atom. The monoisotopic (exact) mass is 180 g/mol. The minimum Gasteiger partial charge on any atom is -0.399 e. The van der Waals surface area contributed by atoms with Crippen LogP contribution >= 0.6 is 0 Å². The van der Waals surface area contributed by atoms with E-state index >= 15 is 0 Å². The number of nitrogens with two attached hydrogens (primary N) is 2. The number of hydrogen-bond donors (Lipinski definition) is 3. The van der Waals surface area contributed by atoms with Gasteiger partial charge in [-0.15, -0.1) is 0 Å². The topological polar surface area (TPSA) is 72.3 Å². The molecule has 0 aliphatic carbocycles. The second kappa shape index (κ2) is 3.36. The maximum absolute atomic E-state index is 9.08. The third-order valence-electron chi connectivity index (χ3n) is 2.19. The van der Waals surface area contributed by atoms with Gasteiger partial charge in [0, 0.05) is 5.69 Å². The molecular weight excluding hydrogens is 164 g/mol. The number of rotatable bonds is 2. The second-order valence-electron chi connectivity index (χ2n) is 3.65. The third kappa shape index (κ3) is 1.99. The number of benzene rings is 1. The predicted molar refractivity (Wildman–Crippen MR) is 54.2 cm³/mol. The van der Waals surface area contributed by atoms with E-state index in [0.29, 0.717) is 0 Å². The van der Waals surface area contributed by atoms with E-state index in [4.69, 9.17) is 16.6 Å². The molecule has 0 saturated heterocycles. The van der Waals surface area contributed by atoms with Crippen LogP contribution in [0.5, 0.6) is 0 Å². The van der Waals surface area contributed by atoms with Gasteiger partial charge in [-0.1, -0.05) is 6.07 Å². The van der Waals surface area contributed by atoms with Crippen molar-refractivity contribution in [3.63, 3.8) is 0 Å². The number of nitrogen functional groups attached to an aromatic ring is 1. The minimum absolute atomic E-state index is 0.0717. The summed E-state index contributed by atoms with van der Waals surface area (Å²) in [5, 5.41) is 9.08. The van der Waals surface area contributed by atoms with Gasteiger partial charge in [-0.05, 0) is 37.1 Å². The Bertz CT molecular complexity index is 308. The van der Waals surface area contributed by atoms with Crippen LogP contribution in [0.1, 0.15) is 18.1 Å². The Labute approximate surface area is 78.4 Å². The van der Waals surface area contributed by atoms with E-state index in [0.717, 1.165) is 16.8 Å². The lowest BCUT2D eigenvalue weighted by molar-refractivity contribution is 0.209. The van der Waals surface area contributed by atoms with Gasteiger partial charge >= 0.3 is 0 Å². The van der Waals surface area contributed by atoms with Gasteiger partial charge in [0.25, 0.3) is 0 Å². The van der Waals surface area contributed by atoms with Crippen LogP contribution in [0.4, 0.5) is 5.69 Å². The van der Waals surface area contributed by atoms with Gasteiger partial charge in [0.05, 0.1) is 12.1 Å². The summed E-state index contributed by atoms with van der Waals surface area (Å²) in [6.45, 7) is 3.66. The SMILES string of the molecule is Cc1cc(N)ccc1C(C)(N)CO. The van der Waals surface area contributed by atoms with Gasteiger partial charge in [-0.3, -0.25) is 0 Å². The van der Waals surface area contributed by atoms with Crippen LogP contribution in [0.3, 0.4) is 0 Å². The third-order valence-corrected chi connectivity index (χ3v) is 2.19. The molecule has 1 atom stereocenters. The minimum atomic E-state index is -0.683. The van der Waals surface area contributed by atoms with Crippen molar-refractivity contribution < 1.29 is 5.11 Å². The Hall–Kier alpha value is -1.06. The molecule has 0 saturated carbocycles. The van der Waals surface area contributed by atoms with Crippen LogP contribution in [0.2, 0.25) is 0 Å². The normalized spacial score (nSPS) is 15.4. The van der Waals surface area contributed by atoms with Crippen LogP contribution in [0.25, 0.3) is 0 Å². The molecule has 1 aromatic carbocycles. The first kappa shape index (κ1) is 10.0. The summed E-state index contributed by atoms with van der Waals surface area (Å²) >= 11 is 0. The number of aliphatic hydroxyl groups excluding tert-OH is 1. The molecule has 3 heteroatoms. The van der Waals surface area contributed by atoms with Gasteiger partial charge in [0.2, 0.25) is 0 Å². The van der Waals surface area contributed by atoms with E-state index in [1.807, 2.05) is 19.1 Å². The van der Waals surface area contributed by atoms with Crippen molar-refractivity contribution in [3.05, 3.63) is 29.3 Å². The van der Waals surface area contributed by atoms with E-state index in [-0.39, 0.29) is 6.61 Å². The Kier molecular flexibility index (Phi) is 2.59. The highest BCUT2D eigenvalue weighted by Crippen LogP contribution is 2.22. The molecule has 0 radical (unpaired) electrons. The molecule has 0 amide bonds. The van der Waals surface area contributed by atoms with Crippen molar-refractivity contribution >= 4 is 5.69 Å². The molecule has 1 aromatic rings. The molecule has 1 rings (SSSR count). The maximum Gasteiger partial charge on any atom is 0.0650 e. The Morgan fingerprint density at radius 2 is 2.08 bits per heavy atom. The number of anilines is 1. The molecule has 0 spiro atoms. The summed E-state index contributed by atoms with van der Waals surface area (Å²) in [5.74, 6) is 0. The van der Waals surface area contributed by atoms with Crippen molar-refractivity contribution in [1.29, 1.82) is 0 Å². The molecule has 5 N–H and O–H groups in total. The molecule has 0 fully saturated rings. The van der Waals surface area contributed by atoms with Gasteiger partial charge in [0.15, 0.2) is 0 Å². The van der Waals surface area contributed by atoms with Crippen molar-refractivity contribution in [2.45, 2.75) is 19.4 Å². The lowest BCUT2D eigenvalue weighted by Crippen LogP contribution is -2.37. The van der Waals surface area contributed by atoms with Gasteiger partial charge in [-0.2, -0.15) is 0 Å². The fourth-order valence-corrected chi connectivity index (χ4v) is 1.41. The highest BCUT2D eigenvalue weighted by Gasteiger charge is 2.21. The van der Waals surface area contributed by atoms with Gasteiger partial charge in [-0.25, -0.2) is 0 Å². The number of hydrogen-bond acceptors (Lipinski definition) is 3. The molecule has 1 unspecified atom stereocenters. The van der Waals surface area contributed by atoms with Crippen molar-refractivity contribution in [3.8, 4) is 0 Å². The van der Waals surface area contributed by atoms with Crippen molar-refractivity contribution in [1.82, 2.24) is 0 Å². The van der Waals surface area contributed by atoms with Gasteiger partial charge in [0.1, 0.15) is 0 Å². The Morgan fingerprint density at radius 3 is 2.54 bits per heavy atom. The van der Waals surface area contributed by atoms with Crippen molar-refractivity contribution in [2.75, 3.05) is 12.3 Å². The molecule has 3 nitrogen and oxygen atoms in total. The van der Waals surface area contributed by atoms with Crippen LogP contribution in [0, 0.1) is 6.92 Å². The fourth-order valence-electron chi connectivity index (χ4n) is 1.41. The standard InChI is InChI=1S/C10H16N2O/c1-7-5-8(11)3-4-9(7)10(2,12)6-13/h3-5,13H,6,11-12H2,1-2H3. The highest BCUT2D eigenvalue weighted by molar-refractivity contribution is 5.46. The molecule has 0 bridgehead atoms. The molecule has 0 heterocycles. The molecule has 0 aliphatic rings. The summed E-state index contributed by atoms with van der Waals surface area (Å²) in [6.07, 6.45) is 0. The first-order valence-electron chi connectivity index (χ1n) is 4.24. The first-order chi connectivity index (χ1) is 5.97. The smallest absolute Gasteiger partial charge is 0.0650 e. The lowest BCUT2D eigenvalue weighted by atomic mass is 9.90. The molecule has 13 heavy (non-hydrogen) atoms. The maximum atomic E-state index is 9.08. The lowest BCUT2D eigenvalue weighted by Gasteiger charge is -2.24. The largest absolute Gasteiger partial charge is 0.399 e. The van der Waals surface area contributed by atoms with E-state index in [9.17, 15) is 0 Å². The summed E-state index contributed by atoms with van der Waals surface area (Å²) in [6, 6.07) is 5.51. The summed E-state index contributed by atoms with van der Waals surface area (Å²) < 4.78 is 0. The van der Waals surface area contributed by atoms with E-state index in [1.54, 1.807) is 13.0 Å². The van der Waals surface area contributed by atoms with E-state index < -0.39 is 5.54 Å². The summed E-state index contributed by atoms with van der Waals surface area (Å²) in [5.41, 5.74) is 13.5.